The van der Waals surface area contributed by atoms with Crippen molar-refractivity contribution in [3.05, 3.63) is 59.4 Å². The second-order valence-corrected chi connectivity index (χ2v) is 9.89. The smallest absolute Gasteiger partial charge is 0.420 e. The molecule has 184 valence electrons. The standard InChI is InChI=1S/C27H26F4N2O2/c1-3-26-14-33-9-8-16(26)10-23(33)25(35-26)19-11-21(15-4-6-17(28)7-5-15)32-22-13-20(27(29,30)31)24(34-2)12-18(19)22/h4-7,11-13,16,23,25H,3,8-10,14H2,1-2H3/t16?,23?,25-,26?/m0/s1. The zero-order valence-electron chi connectivity index (χ0n) is 19.5. The summed E-state index contributed by atoms with van der Waals surface area (Å²) in [6, 6.07) is 10.4. The molecule has 4 bridgehead atoms. The molecule has 0 spiro atoms. The highest BCUT2D eigenvalue weighted by atomic mass is 19.4. The normalized spacial score (nSPS) is 29.7. The molecule has 0 amide bonds. The topological polar surface area (TPSA) is 34.6 Å². The van der Waals surface area contributed by atoms with Gasteiger partial charge in [-0.15, -0.1) is 0 Å². The fourth-order valence-corrected chi connectivity index (χ4v) is 6.40. The number of methoxy groups -OCH3 is 1. The number of halogens is 4. The highest BCUT2D eigenvalue weighted by molar-refractivity contribution is 5.88. The molecule has 4 unspecified atom stereocenters. The van der Waals surface area contributed by atoms with Gasteiger partial charge in [0.1, 0.15) is 11.6 Å². The number of morpholine rings is 1. The number of pyridine rings is 1. The maximum atomic E-state index is 13.8. The van der Waals surface area contributed by atoms with E-state index in [-0.39, 0.29) is 34.8 Å². The SMILES string of the molecule is CCC12CN3CCC1CC3[C@H](c1cc(-c3ccc(F)cc3)nc3cc(C(F)(F)F)c(OC)cc13)O2. The molecule has 4 nitrogen and oxygen atoms in total. The van der Waals surface area contributed by atoms with Gasteiger partial charge in [-0.1, -0.05) is 6.92 Å². The van der Waals surface area contributed by atoms with Gasteiger partial charge in [-0.05, 0) is 79.8 Å². The summed E-state index contributed by atoms with van der Waals surface area (Å²) in [4.78, 5) is 7.06. The van der Waals surface area contributed by atoms with Crippen LogP contribution < -0.4 is 4.74 Å². The van der Waals surface area contributed by atoms with Gasteiger partial charge < -0.3 is 9.47 Å². The maximum absolute atomic E-state index is 13.8. The first kappa shape index (κ1) is 22.7. The summed E-state index contributed by atoms with van der Waals surface area (Å²) in [5.74, 6) is -0.133. The van der Waals surface area contributed by atoms with E-state index >= 15 is 0 Å². The van der Waals surface area contributed by atoms with Gasteiger partial charge in [0, 0.05) is 23.5 Å². The van der Waals surface area contributed by atoms with Crippen molar-refractivity contribution < 1.29 is 27.0 Å². The third kappa shape index (κ3) is 3.52. The Morgan fingerprint density at radius 1 is 1.17 bits per heavy atom. The minimum Gasteiger partial charge on any atom is -0.496 e. The van der Waals surface area contributed by atoms with Crippen molar-refractivity contribution in [2.24, 2.45) is 5.92 Å². The first-order chi connectivity index (χ1) is 16.7. The molecule has 5 aliphatic heterocycles. The van der Waals surface area contributed by atoms with Crippen LogP contribution in [0.15, 0.2) is 42.5 Å². The molecule has 35 heavy (non-hydrogen) atoms. The highest BCUT2D eigenvalue weighted by Crippen LogP contribution is 2.55. The van der Waals surface area contributed by atoms with Crippen LogP contribution in [0, 0.1) is 11.7 Å². The maximum Gasteiger partial charge on any atom is 0.420 e. The van der Waals surface area contributed by atoms with Crippen molar-refractivity contribution >= 4 is 10.9 Å². The number of benzene rings is 2. The number of fused-ring (bicyclic) bond motifs is 3. The number of piperidine rings is 3. The first-order valence-corrected chi connectivity index (χ1v) is 12.0. The lowest BCUT2D eigenvalue weighted by molar-refractivity contribution is -0.274. The van der Waals surface area contributed by atoms with Crippen LogP contribution in [0.25, 0.3) is 22.2 Å². The Morgan fingerprint density at radius 2 is 1.94 bits per heavy atom. The van der Waals surface area contributed by atoms with Gasteiger partial charge in [-0.2, -0.15) is 13.2 Å². The van der Waals surface area contributed by atoms with E-state index in [0.29, 0.717) is 22.6 Å². The third-order valence-electron chi connectivity index (χ3n) is 8.20. The fraction of sp³-hybridized carbons (Fsp3) is 0.444. The van der Waals surface area contributed by atoms with Crippen LogP contribution >= 0.6 is 0 Å². The zero-order chi connectivity index (χ0) is 24.5. The summed E-state index contributed by atoms with van der Waals surface area (Å²) in [5.41, 5.74) is 1.01. The molecule has 8 rings (SSSR count). The van der Waals surface area contributed by atoms with E-state index in [1.807, 2.05) is 6.07 Å². The Bertz CT molecular complexity index is 1290. The summed E-state index contributed by atoms with van der Waals surface area (Å²) in [6.45, 7) is 4.05. The van der Waals surface area contributed by atoms with E-state index < -0.39 is 11.7 Å². The molecular formula is C27H26F4N2O2. The lowest BCUT2D eigenvalue weighted by Gasteiger charge is -2.64. The van der Waals surface area contributed by atoms with Gasteiger partial charge in [0.05, 0.1) is 35.6 Å². The molecule has 5 fully saturated rings. The van der Waals surface area contributed by atoms with E-state index in [4.69, 9.17) is 9.47 Å². The molecule has 0 saturated carbocycles. The van der Waals surface area contributed by atoms with Gasteiger partial charge >= 0.3 is 6.18 Å². The number of hydrogen-bond donors (Lipinski definition) is 0. The third-order valence-corrected chi connectivity index (χ3v) is 8.20. The van der Waals surface area contributed by atoms with Crippen LogP contribution in [0.2, 0.25) is 0 Å². The van der Waals surface area contributed by atoms with E-state index in [9.17, 15) is 17.6 Å². The molecule has 3 aromatic rings. The van der Waals surface area contributed by atoms with Crippen molar-refractivity contribution in [2.45, 2.75) is 50.1 Å². The van der Waals surface area contributed by atoms with Gasteiger partial charge in [0.15, 0.2) is 0 Å². The molecule has 5 saturated heterocycles. The molecular weight excluding hydrogens is 460 g/mol. The second kappa shape index (κ2) is 7.90. The summed E-state index contributed by atoms with van der Waals surface area (Å²) in [6.07, 6.45) is -1.90. The number of alkyl halides is 3. The van der Waals surface area contributed by atoms with Crippen LogP contribution in [-0.4, -0.2) is 41.7 Å². The van der Waals surface area contributed by atoms with Crippen molar-refractivity contribution in [3.8, 4) is 17.0 Å². The molecule has 2 aromatic carbocycles. The van der Waals surface area contributed by atoms with Gasteiger partial charge in [0.25, 0.3) is 0 Å². The van der Waals surface area contributed by atoms with Gasteiger partial charge in [-0.25, -0.2) is 9.37 Å². The molecule has 0 radical (unpaired) electrons. The Balaban J connectivity index is 1.58. The average Bonchev–Trinajstić information content (AvgIpc) is 2.87. The predicted octanol–water partition coefficient (Wildman–Crippen LogP) is 6.38. The Morgan fingerprint density at radius 3 is 2.57 bits per heavy atom. The summed E-state index contributed by atoms with van der Waals surface area (Å²) in [7, 11) is 1.24. The van der Waals surface area contributed by atoms with Crippen molar-refractivity contribution in [1.29, 1.82) is 0 Å². The number of rotatable bonds is 4. The second-order valence-electron chi connectivity index (χ2n) is 9.89. The quantitative estimate of drug-likeness (QED) is 0.401. The van der Waals surface area contributed by atoms with Crippen LogP contribution in [0.1, 0.15) is 43.4 Å². The van der Waals surface area contributed by atoms with Crippen LogP contribution in [-0.2, 0) is 10.9 Å². The molecule has 0 aliphatic carbocycles. The highest BCUT2D eigenvalue weighted by Gasteiger charge is 2.58. The molecule has 5 aliphatic rings. The summed E-state index contributed by atoms with van der Waals surface area (Å²) < 4.78 is 67.1. The minimum atomic E-state index is -4.59. The fourth-order valence-electron chi connectivity index (χ4n) is 6.40. The number of aromatic nitrogens is 1. The Hall–Kier alpha value is -2.71. The number of nitrogens with zero attached hydrogens (tertiary/aromatic N) is 2. The van der Waals surface area contributed by atoms with E-state index in [1.54, 1.807) is 12.1 Å². The summed E-state index contributed by atoms with van der Waals surface area (Å²) in [5, 5.41) is 0.585. The molecule has 1 aromatic heterocycles. The number of hydrogen-bond acceptors (Lipinski definition) is 4. The Kier molecular flexibility index (Phi) is 5.13. The molecule has 5 atom stereocenters. The van der Waals surface area contributed by atoms with E-state index in [1.165, 1.54) is 25.3 Å². The van der Waals surface area contributed by atoms with Gasteiger partial charge in [0.2, 0.25) is 0 Å². The number of ether oxygens (including phenoxy) is 2. The minimum absolute atomic E-state index is 0.155. The van der Waals surface area contributed by atoms with Crippen LogP contribution in [0.4, 0.5) is 17.6 Å². The van der Waals surface area contributed by atoms with Crippen LogP contribution in [0.3, 0.4) is 0 Å². The largest absolute Gasteiger partial charge is 0.496 e. The van der Waals surface area contributed by atoms with Crippen LogP contribution in [0.5, 0.6) is 5.75 Å². The Labute approximate surface area is 200 Å². The first-order valence-electron chi connectivity index (χ1n) is 12.0. The van der Waals surface area contributed by atoms with Crippen molar-refractivity contribution in [1.82, 2.24) is 9.88 Å². The van der Waals surface area contributed by atoms with E-state index in [2.05, 4.69) is 16.8 Å². The molecule has 8 heteroatoms. The van der Waals surface area contributed by atoms with E-state index in [0.717, 1.165) is 44.0 Å². The average molecular weight is 487 g/mol. The lowest BCUT2D eigenvalue weighted by atomic mass is 9.66. The zero-order valence-corrected chi connectivity index (χ0v) is 19.5. The van der Waals surface area contributed by atoms with Crippen molar-refractivity contribution in [3.63, 3.8) is 0 Å². The molecule has 0 N–H and O–H groups in total. The van der Waals surface area contributed by atoms with Gasteiger partial charge in [-0.3, -0.25) is 4.90 Å². The summed E-state index contributed by atoms with van der Waals surface area (Å²) >= 11 is 0. The predicted molar refractivity (Wildman–Crippen MR) is 124 cm³/mol. The lowest BCUT2D eigenvalue weighted by Crippen LogP contribution is -2.70. The molecule has 6 heterocycles. The van der Waals surface area contributed by atoms with Crippen molar-refractivity contribution in [2.75, 3.05) is 20.2 Å². The monoisotopic (exact) mass is 486 g/mol.